The fraction of sp³-hybridized carbons (Fsp3) is 0.294. The van der Waals surface area contributed by atoms with Crippen LogP contribution in [0.3, 0.4) is 0 Å². The molecule has 0 spiro atoms. The molecule has 0 unspecified atom stereocenters. The predicted molar refractivity (Wildman–Crippen MR) is 159 cm³/mol. The topological polar surface area (TPSA) is 27.7 Å². The Morgan fingerprint density at radius 2 is 0.791 bits per heavy atom. The minimum atomic E-state index is -0.943. The zero-order valence-electron chi connectivity index (χ0n) is 25.1. The molecule has 0 aliphatic heterocycles. The zero-order valence-corrected chi connectivity index (χ0v) is 25.1. The van der Waals surface area contributed by atoms with Crippen LogP contribution in [0.15, 0.2) is 73.4 Å². The van der Waals surface area contributed by atoms with E-state index in [9.17, 15) is 26.3 Å². The number of hydrogen-bond acceptors (Lipinski definition) is 3. The summed E-state index contributed by atoms with van der Waals surface area (Å²) in [7, 11) is 0. The van der Waals surface area contributed by atoms with Crippen molar-refractivity contribution in [2.75, 3.05) is 19.8 Å². The van der Waals surface area contributed by atoms with Crippen molar-refractivity contribution >= 4 is 0 Å². The number of benzene rings is 3. The molecule has 9 heteroatoms. The largest absolute Gasteiger partial charge is 0.486 e. The molecule has 0 atom stereocenters. The lowest BCUT2D eigenvalue weighted by Crippen LogP contribution is -1.99. The van der Waals surface area contributed by atoms with E-state index in [0.29, 0.717) is 0 Å². The molecule has 0 aromatic heterocycles. The number of rotatable bonds is 11. The number of aryl methyl sites for hydroxylation is 3. The normalized spacial score (nSPS) is 10.6. The molecule has 3 rings (SSSR count). The summed E-state index contributed by atoms with van der Waals surface area (Å²) >= 11 is 0. The van der Waals surface area contributed by atoms with Crippen LogP contribution in [0.5, 0.6) is 17.2 Å². The number of halogens is 6. The SMILES string of the molecule is C=CCOc1ccc(C)c(F)c1F.CC/C=C\COc1ccc(C)c(F)c1F.CC/C=C\COc1ccc(C)c(F)c1F. The van der Waals surface area contributed by atoms with Crippen LogP contribution in [-0.2, 0) is 0 Å². The molecule has 3 aromatic carbocycles. The molecule has 3 aromatic rings. The number of ether oxygens (including phenoxy) is 3. The monoisotopic (exact) mass is 608 g/mol. The van der Waals surface area contributed by atoms with Crippen LogP contribution in [0.25, 0.3) is 0 Å². The molecule has 234 valence electrons. The molecule has 0 aliphatic carbocycles. The fourth-order valence-electron chi connectivity index (χ4n) is 3.11. The van der Waals surface area contributed by atoms with Crippen LogP contribution in [0, 0.1) is 55.7 Å². The Labute approximate surface area is 250 Å². The molecule has 0 aliphatic rings. The maximum Gasteiger partial charge on any atom is 0.200 e. The molecule has 0 N–H and O–H groups in total. The lowest BCUT2D eigenvalue weighted by atomic mass is 10.2. The van der Waals surface area contributed by atoms with Gasteiger partial charge in [0.25, 0.3) is 0 Å². The van der Waals surface area contributed by atoms with Gasteiger partial charge >= 0.3 is 0 Å². The van der Waals surface area contributed by atoms with E-state index in [0.717, 1.165) is 12.8 Å². The second-order valence-electron chi connectivity index (χ2n) is 9.01. The first kappa shape index (κ1) is 36.9. The molecule has 0 bridgehead atoms. The van der Waals surface area contributed by atoms with Crippen LogP contribution in [0.1, 0.15) is 43.4 Å². The summed E-state index contributed by atoms with van der Waals surface area (Å²) in [5.74, 6) is -5.48. The third-order valence-electron chi connectivity index (χ3n) is 5.55. The van der Waals surface area contributed by atoms with Crippen LogP contribution >= 0.6 is 0 Å². The third-order valence-corrected chi connectivity index (χ3v) is 5.55. The van der Waals surface area contributed by atoms with Crippen molar-refractivity contribution in [3.63, 3.8) is 0 Å². The molecule has 0 radical (unpaired) electrons. The average molecular weight is 609 g/mol. The summed E-state index contributed by atoms with van der Waals surface area (Å²) in [6.07, 6.45) is 10.6. The summed E-state index contributed by atoms with van der Waals surface area (Å²) in [6, 6.07) is 8.74. The van der Waals surface area contributed by atoms with Crippen LogP contribution in [0.4, 0.5) is 26.3 Å². The highest BCUT2D eigenvalue weighted by Gasteiger charge is 2.13. The Kier molecular flexibility index (Phi) is 17.1. The van der Waals surface area contributed by atoms with E-state index >= 15 is 0 Å². The van der Waals surface area contributed by atoms with Crippen molar-refractivity contribution in [1.29, 1.82) is 0 Å². The summed E-state index contributed by atoms with van der Waals surface area (Å²) in [5.41, 5.74) is 0.830. The minimum absolute atomic E-state index is 0.0427. The lowest BCUT2D eigenvalue weighted by molar-refractivity contribution is 0.331. The van der Waals surface area contributed by atoms with Crippen molar-refractivity contribution in [1.82, 2.24) is 0 Å². The van der Waals surface area contributed by atoms with Gasteiger partial charge in [-0.15, -0.1) is 0 Å². The molecule has 0 saturated heterocycles. The Hall–Kier alpha value is -4.14. The second kappa shape index (κ2) is 19.9. The molecule has 0 saturated carbocycles. The Bertz CT molecular complexity index is 1300. The Balaban J connectivity index is 0.000000324. The fourth-order valence-corrected chi connectivity index (χ4v) is 3.11. The van der Waals surface area contributed by atoms with Gasteiger partial charge in [0, 0.05) is 0 Å². The van der Waals surface area contributed by atoms with E-state index in [1.54, 1.807) is 12.2 Å². The van der Waals surface area contributed by atoms with Gasteiger partial charge in [-0.1, -0.05) is 69.0 Å². The summed E-state index contributed by atoms with van der Waals surface area (Å²) < 4.78 is 93.7. The highest BCUT2D eigenvalue weighted by Crippen LogP contribution is 2.24. The minimum Gasteiger partial charge on any atom is -0.486 e. The van der Waals surface area contributed by atoms with E-state index in [-0.39, 0.29) is 53.8 Å². The first-order chi connectivity index (χ1) is 20.5. The van der Waals surface area contributed by atoms with E-state index in [1.165, 1.54) is 63.2 Å². The maximum atomic E-state index is 13.2. The van der Waals surface area contributed by atoms with E-state index in [1.807, 2.05) is 26.0 Å². The molecule has 0 fully saturated rings. The van der Waals surface area contributed by atoms with Gasteiger partial charge < -0.3 is 14.2 Å². The molecule has 3 nitrogen and oxygen atoms in total. The summed E-state index contributed by atoms with van der Waals surface area (Å²) in [6.45, 7) is 12.6. The Morgan fingerprint density at radius 3 is 1.07 bits per heavy atom. The van der Waals surface area contributed by atoms with Gasteiger partial charge in [0.15, 0.2) is 34.7 Å². The van der Waals surface area contributed by atoms with Gasteiger partial charge in [-0.25, -0.2) is 13.2 Å². The zero-order chi connectivity index (χ0) is 32.4. The molecule has 43 heavy (non-hydrogen) atoms. The predicted octanol–water partition coefficient (Wildman–Crippen LogP) is 10.1. The first-order valence-electron chi connectivity index (χ1n) is 13.6. The van der Waals surface area contributed by atoms with Gasteiger partial charge in [0.05, 0.1) is 0 Å². The van der Waals surface area contributed by atoms with Gasteiger partial charge in [0.2, 0.25) is 17.5 Å². The smallest absolute Gasteiger partial charge is 0.200 e. The summed E-state index contributed by atoms with van der Waals surface area (Å²) in [5, 5.41) is 0. The quantitative estimate of drug-likeness (QED) is 0.160. The van der Waals surface area contributed by atoms with Crippen LogP contribution < -0.4 is 14.2 Å². The Morgan fingerprint density at radius 1 is 0.488 bits per heavy atom. The van der Waals surface area contributed by atoms with Gasteiger partial charge in [-0.2, -0.15) is 13.2 Å². The molecular weight excluding hydrogens is 570 g/mol. The molecular formula is C34H38F6O3. The second-order valence-corrected chi connectivity index (χ2v) is 9.01. The van der Waals surface area contributed by atoms with E-state index in [2.05, 4.69) is 6.58 Å². The van der Waals surface area contributed by atoms with Gasteiger partial charge in [-0.3, -0.25) is 0 Å². The standard InChI is InChI=1S/2C12H14F2O.C10H10F2O/c2*1-3-4-5-8-15-10-7-6-9(2)11(13)12(10)14;1-3-6-13-8-5-4-7(2)9(11)10(8)12/h2*4-7H,3,8H2,1-2H3;3-5H,1,6H2,2H3/b2*5-4-;. The first-order valence-corrected chi connectivity index (χ1v) is 13.6. The highest BCUT2D eigenvalue weighted by atomic mass is 19.2. The number of hydrogen-bond donors (Lipinski definition) is 0. The maximum absolute atomic E-state index is 13.2. The van der Waals surface area contributed by atoms with Crippen molar-refractivity contribution in [2.24, 2.45) is 0 Å². The van der Waals surface area contributed by atoms with Gasteiger partial charge in [0.1, 0.15) is 19.8 Å². The number of allylic oxidation sites excluding steroid dienone is 2. The van der Waals surface area contributed by atoms with Gasteiger partial charge in [-0.05, 0) is 68.5 Å². The van der Waals surface area contributed by atoms with Crippen LogP contribution in [-0.4, -0.2) is 19.8 Å². The van der Waals surface area contributed by atoms with E-state index in [4.69, 9.17) is 14.2 Å². The van der Waals surface area contributed by atoms with Crippen molar-refractivity contribution in [3.05, 3.63) is 125 Å². The van der Waals surface area contributed by atoms with Crippen molar-refractivity contribution < 1.29 is 40.6 Å². The third kappa shape index (κ3) is 12.3. The highest BCUT2D eigenvalue weighted by molar-refractivity contribution is 5.32. The van der Waals surface area contributed by atoms with Crippen molar-refractivity contribution in [2.45, 2.75) is 47.5 Å². The van der Waals surface area contributed by atoms with E-state index < -0.39 is 34.9 Å². The summed E-state index contributed by atoms with van der Waals surface area (Å²) in [4.78, 5) is 0. The average Bonchev–Trinajstić information content (AvgIpc) is 3.00. The molecule has 0 heterocycles. The van der Waals surface area contributed by atoms with Crippen LogP contribution in [0.2, 0.25) is 0 Å². The molecule has 0 amide bonds. The lowest BCUT2D eigenvalue weighted by Gasteiger charge is -2.06. The van der Waals surface area contributed by atoms with Crippen molar-refractivity contribution in [3.8, 4) is 17.2 Å².